The van der Waals surface area contributed by atoms with Gasteiger partial charge in [0, 0.05) is 10.6 Å². The van der Waals surface area contributed by atoms with Gasteiger partial charge >= 0.3 is 5.97 Å². The number of Topliss-reactive ketones (excluding diaryl/α,β-unsaturated/α-hetero) is 1. The van der Waals surface area contributed by atoms with Crippen molar-refractivity contribution < 1.29 is 45.8 Å². The highest BCUT2D eigenvalue weighted by Gasteiger charge is 2.32. The van der Waals surface area contributed by atoms with E-state index in [0.29, 0.717) is 10.6 Å². The van der Waals surface area contributed by atoms with E-state index in [1.807, 2.05) is 0 Å². The number of rotatable bonds is 5. The van der Waals surface area contributed by atoms with Crippen LogP contribution < -0.4 is 14.2 Å². The third kappa shape index (κ3) is 4.51. The normalized spacial score (nSPS) is 14.4. The molecule has 0 fully saturated rings. The summed E-state index contributed by atoms with van der Waals surface area (Å²) in [7, 11) is 0. The Bertz CT molecular complexity index is 1410. The minimum atomic E-state index is -2.36. The minimum Gasteiger partial charge on any atom is -0.473 e. The third-order valence-electron chi connectivity index (χ3n) is 5.21. The molecule has 11 heteroatoms. The highest BCUT2D eigenvalue weighted by Crippen LogP contribution is 2.39. The van der Waals surface area contributed by atoms with Gasteiger partial charge in [-0.1, -0.05) is 23.7 Å². The molecule has 0 N–H and O–H groups in total. The fraction of sp³-hybridized carbons (Fsp3) is 0.120. The second kappa shape index (κ2) is 9.62. The Hall–Kier alpha value is -3.92. The van der Waals surface area contributed by atoms with Crippen molar-refractivity contribution in [3.8, 4) is 17.2 Å². The van der Waals surface area contributed by atoms with Crippen LogP contribution in [-0.4, -0.2) is 17.9 Å². The lowest BCUT2D eigenvalue weighted by atomic mass is 10.1. The van der Waals surface area contributed by atoms with Crippen LogP contribution in [0.1, 0.15) is 28.4 Å². The second-order valence-electron chi connectivity index (χ2n) is 7.64. The number of esters is 1. The fourth-order valence-corrected chi connectivity index (χ4v) is 3.42. The number of carbonyl (C=O) groups excluding carboxylic acids is 2. The highest BCUT2D eigenvalue weighted by molar-refractivity contribution is 6.30. The average molecular weight is 525 g/mol. The molecule has 36 heavy (non-hydrogen) atoms. The first-order valence-corrected chi connectivity index (χ1v) is 10.6. The predicted molar refractivity (Wildman–Crippen MR) is 118 cm³/mol. The van der Waals surface area contributed by atoms with E-state index in [1.54, 1.807) is 24.3 Å². The number of ketones is 1. The van der Waals surface area contributed by atoms with E-state index in [-0.39, 0.29) is 28.4 Å². The summed E-state index contributed by atoms with van der Waals surface area (Å²) in [5.41, 5.74) is 1.11. The lowest BCUT2D eigenvalue weighted by molar-refractivity contribution is -0.141. The Morgan fingerprint density at radius 1 is 0.944 bits per heavy atom. The molecular formula is C25H14ClF5O5. The molecule has 0 aromatic heterocycles. The Morgan fingerprint density at radius 3 is 2.14 bits per heavy atom. The molecule has 0 spiro atoms. The summed E-state index contributed by atoms with van der Waals surface area (Å²) in [6, 6.07) is 9.29. The van der Waals surface area contributed by atoms with Crippen molar-refractivity contribution >= 4 is 29.4 Å². The van der Waals surface area contributed by atoms with E-state index in [4.69, 9.17) is 25.8 Å². The van der Waals surface area contributed by atoms with Crippen LogP contribution in [0.2, 0.25) is 5.02 Å². The van der Waals surface area contributed by atoms with Crippen LogP contribution in [0.15, 0.2) is 42.2 Å². The fourth-order valence-electron chi connectivity index (χ4n) is 3.29. The van der Waals surface area contributed by atoms with Crippen LogP contribution in [0.4, 0.5) is 22.0 Å². The molecule has 0 bridgehead atoms. The number of carbonyl (C=O) groups is 2. The van der Waals surface area contributed by atoms with Gasteiger partial charge in [0.15, 0.2) is 17.6 Å². The van der Waals surface area contributed by atoms with Gasteiger partial charge in [-0.2, -0.15) is 8.78 Å². The molecule has 0 amide bonds. The molecular weight excluding hydrogens is 511 g/mol. The molecule has 4 rings (SSSR count). The lowest BCUT2D eigenvalue weighted by Gasteiger charge is -2.16. The Balaban J connectivity index is 1.54. The van der Waals surface area contributed by atoms with Crippen molar-refractivity contribution in [3.63, 3.8) is 0 Å². The Labute approximate surface area is 205 Å². The molecule has 1 atom stereocenters. The molecule has 1 unspecified atom stereocenters. The average Bonchev–Trinajstić information content (AvgIpc) is 3.18. The molecule has 5 nitrogen and oxygen atoms in total. The number of fused-ring (bicyclic) bond motifs is 1. The first kappa shape index (κ1) is 25.2. The predicted octanol–water partition coefficient (Wildman–Crippen LogP) is 6.33. The summed E-state index contributed by atoms with van der Waals surface area (Å²) >= 11 is 5.86. The van der Waals surface area contributed by atoms with Gasteiger partial charge in [-0.25, -0.2) is 18.0 Å². The van der Waals surface area contributed by atoms with E-state index < -0.39 is 52.7 Å². The summed E-state index contributed by atoms with van der Waals surface area (Å²) in [5, 5.41) is 0.514. The molecule has 1 aliphatic heterocycles. The number of hydrogen-bond acceptors (Lipinski definition) is 5. The maximum Gasteiger partial charge on any atom is 0.352 e. The first-order valence-electron chi connectivity index (χ1n) is 10.2. The van der Waals surface area contributed by atoms with Crippen molar-refractivity contribution in [1.29, 1.82) is 0 Å². The van der Waals surface area contributed by atoms with Crippen LogP contribution >= 0.6 is 11.6 Å². The van der Waals surface area contributed by atoms with Crippen LogP contribution in [0.25, 0.3) is 6.08 Å². The maximum absolute atomic E-state index is 13.9. The monoisotopic (exact) mass is 524 g/mol. The molecule has 1 heterocycles. The summed E-state index contributed by atoms with van der Waals surface area (Å²) in [4.78, 5) is 25.1. The van der Waals surface area contributed by atoms with Crippen molar-refractivity contribution in [2.75, 3.05) is 0 Å². The topological polar surface area (TPSA) is 61.8 Å². The summed E-state index contributed by atoms with van der Waals surface area (Å²) in [6.45, 7) is 2.49. The number of hydrogen-bond donors (Lipinski definition) is 0. The zero-order valence-electron chi connectivity index (χ0n) is 18.4. The van der Waals surface area contributed by atoms with Gasteiger partial charge in [0.05, 0.1) is 5.56 Å². The van der Waals surface area contributed by atoms with Gasteiger partial charge in [-0.3, -0.25) is 4.79 Å². The van der Waals surface area contributed by atoms with E-state index >= 15 is 0 Å². The molecule has 0 saturated heterocycles. The SMILES string of the molecule is Cc1c(OC(=O)C(C)Oc2c(F)c(F)c(F)c(F)c2F)ccc2c1O/C(=C\c1ccc(Cl)cc1)C2=O. The van der Waals surface area contributed by atoms with Gasteiger partial charge in [0.1, 0.15) is 11.5 Å². The molecule has 0 saturated carbocycles. The number of ether oxygens (including phenoxy) is 3. The van der Waals surface area contributed by atoms with Gasteiger partial charge in [-0.15, -0.1) is 0 Å². The van der Waals surface area contributed by atoms with Gasteiger partial charge in [0.25, 0.3) is 0 Å². The lowest BCUT2D eigenvalue weighted by Crippen LogP contribution is -2.29. The van der Waals surface area contributed by atoms with Crippen molar-refractivity contribution in [3.05, 3.63) is 93.0 Å². The van der Waals surface area contributed by atoms with Crippen LogP contribution in [0.3, 0.4) is 0 Å². The van der Waals surface area contributed by atoms with Crippen LogP contribution in [0, 0.1) is 36.0 Å². The van der Waals surface area contributed by atoms with Crippen LogP contribution in [-0.2, 0) is 4.79 Å². The summed E-state index contributed by atoms with van der Waals surface area (Å²) < 4.78 is 83.2. The number of benzene rings is 3. The Morgan fingerprint density at radius 2 is 1.53 bits per heavy atom. The van der Waals surface area contributed by atoms with Crippen molar-refractivity contribution in [1.82, 2.24) is 0 Å². The van der Waals surface area contributed by atoms with E-state index in [1.165, 1.54) is 25.1 Å². The van der Waals surface area contributed by atoms with Crippen molar-refractivity contribution in [2.45, 2.75) is 20.0 Å². The standard InChI is InChI=1S/C25H14ClF5O5/c1-10-15(36-25(33)11(2)34-24-20(30)18(28)17(27)19(29)21(24)31)8-7-14-22(32)16(35-23(10)14)9-12-3-5-13(26)6-4-12/h3-9,11H,1-2H3/b16-9-. The second-order valence-corrected chi connectivity index (χ2v) is 8.07. The quantitative estimate of drug-likeness (QED) is 0.0974. The molecule has 186 valence electrons. The molecule has 3 aromatic rings. The summed E-state index contributed by atoms with van der Waals surface area (Å²) in [6.07, 6.45) is -0.266. The van der Waals surface area contributed by atoms with Crippen molar-refractivity contribution in [2.24, 2.45) is 0 Å². The highest BCUT2D eigenvalue weighted by atomic mass is 35.5. The van der Waals surface area contributed by atoms with E-state index in [2.05, 4.69) is 0 Å². The van der Waals surface area contributed by atoms with Gasteiger partial charge < -0.3 is 14.2 Å². The molecule has 3 aromatic carbocycles. The van der Waals surface area contributed by atoms with Crippen LogP contribution in [0.5, 0.6) is 17.2 Å². The van der Waals surface area contributed by atoms with Gasteiger partial charge in [-0.05, 0) is 49.8 Å². The van der Waals surface area contributed by atoms with Gasteiger partial charge in [0.2, 0.25) is 34.9 Å². The smallest absolute Gasteiger partial charge is 0.352 e. The first-order chi connectivity index (χ1) is 17.0. The molecule has 0 aliphatic carbocycles. The summed E-state index contributed by atoms with van der Waals surface area (Å²) in [5.74, 6) is -14.4. The number of halogens is 6. The number of allylic oxidation sites excluding steroid dienone is 1. The maximum atomic E-state index is 13.9. The van der Waals surface area contributed by atoms with E-state index in [9.17, 15) is 31.5 Å². The third-order valence-corrected chi connectivity index (χ3v) is 5.46. The Kier molecular flexibility index (Phi) is 6.73. The largest absolute Gasteiger partial charge is 0.473 e. The minimum absolute atomic E-state index is 0.0157. The zero-order valence-corrected chi connectivity index (χ0v) is 19.2. The molecule has 0 radical (unpaired) electrons. The molecule has 1 aliphatic rings. The zero-order chi connectivity index (χ0) is 26.3. The van der Waals surface area contributed by atoms with E-state index in [0.717, 1.165) is 6.92 Å².